The van der Waals surface area contributed by atoms with Crippen LogP contribution < -0.4 is 9.47 Å². The lowest BCUT2D eigenvalue weighted by Crippen LogP contribution is -2.06. The van der Waals surface area contributed by atoms with Gasteiger partial charge in [0, 0.05) is 6.07 Å². The van der Waals surface area contributed by atoms with E-state index in [0.717, 1.165) is 13.2 Å². The summed E-state index contributed by atoms with van der Waals surface area (Å²) in [4.78, 5) is 32.4. The van der Waals surface area contributed by atoms with Crippen LogP contribution in [0.3, 0.4) is 0 Å². The molecule has 0 unspecified atom stereocenters. The van der Waals surface area contributed by atoms with E-state index in [1.54, 1.807) is 0 Å². The van der Waals surface area contributed by atoms with Gasteiger partial charge in [0.1, 0.15) is 5.56 Å². The number of carbonyl (C=O) groups is 1. The number of nitro groups is 2. The summed E-state index contributed by atoms with van der Waals surface area (Å²) in [5, 5.41) is 25.5. The second kappa shape index (κ2) is 5.49. The highest BCUT2D eigenvalue weighted by atomic mass is 16.7. The van der Waals surface area contributed by atoms with E-state index in [1.165, 1.54) is 6.07 Å². The minimum Gasteiger partial charge on any atom is -0.465 e. The summed E-state index contributed by atoms with van der Waals surface area (Å²) < 4.78 is 19.5. The second-order valence-electron chi connectivity index (χ2n) is 4.44. The number of aromatic nitrogens is 1. The first-order valence-corrected chi connectivity index (χ1v) is 6.24. The molecule has 0 spiro atoms. The van der Waals surface area contributed by atoms with Crippen molar-refractivity contribution in [3.63, 3.8) is 0 Å². The Morgan fingerprint density at radius 2 is 1.88 bits per heavy atom. The molecule has 0 N–H and O–H groups in total. The third-order valence-corrected chi connectivity index (χ3v) is 3.17. The van der Waals surface area contributed by atoms with E-state index >= 15 is 0 Å². The van der Waals surface area contributed by atoms with Crippen LogP contribution in [0.2, 0.25) is 0 Å². The molecule has 1 aliphatic rings. The highest BCUT2D eigenvalue weighted by molar-refractivity contribution is 6.00. The molecule has 0 bridgehead atoms. The van der Waals surface area contributed by atoms with Gasteiger partial charge in [-0.3, -0.25) is 14.6 Å². The first-order valence-electron chi connectivity index (χ1n) is 6.24. The Bertz CT molecular complexity index is 873. The van der Waals surface area contributed by atoms with Crippen LogP contribution in [0.15, 0.2) is 16.7 Å². The van der Waals surface area contributed by atoms with E-state index in [2.05, 4.69) is 9.89 Å². The maximum atomic E-state index is 11.9. The molecule has 1 aliphatic heterocycles. The van der Waals surface area contributed by atoms with Crippen LogP contribution >= 0.6 is 0 Å². The molecule has 0 amide bonds. The minimum atomic E-state index is -1.12. The monoisotopic (exact) mass is 337 g/mol. The number of hydrogen-bond donors (Lipinski definition) is 0. The molecule has 0 atom stereocenters. The molecule has 0 radical (unpaired) electrons. The molecular weight excluding hydrogens is 330 g/mol. The van der Waals surface area contributed by atoms with Gasteiger partial charge in [-0.25, -0.2) is 4.79 Å². The van der Waals surface area contributed by atoms with Crippen molar-refractivity contribution in [1.29, 1.82) is 0 Å². The zero-order chi connectivity index (χ0) is 17.4. The lowest BCUT2D eigenvalue weighted by Gasteiger charge is -2.03. The van der Waals surface area contributed by atoms with Gasteiger partial charge in [-0.1, -0.05) is 0 Å². The van der Waals surface area contributed by atoms with Gasteiger partial charge in [-0.15, -0.1) is 0 Å². The second-order valence-corrected chi connectivity index (χ2v) is 4.44. The zero-order valence-corrected chi connectivity index (χ0v) is 11.9. The fourth-order valence-corrected chi connectivity index (χ4v) is 2.14. The Labute approximate surface area is 131 Å². The predicted octanol–water partition coefficient (Wildman–Crippen LogP) is 1.67. The number of methoxy groups -OCH3 is 1. The van der Waals surface area contributed by atoms with Crippen molar-refractivity contribution < 1.29 is 33.4 Å². The minimum absolute atomic E-state index is 0.124. The van der Waals surface area contributed by atoms with Crippen molar-refractivity contribution in [3.05, 3.63) is 37.9 Å². The van der Waals surface area contributed by atoms with Crippen molar-refractivity contribution in [2.75, 3.05) is 13.9 Å². The van der Waals surface area contributed by atoms with E-state index in [4.69, 9.17) is 14.0 Å². The fourth-order valence-electron chi connectivity index (χ4n) is 2.14. The van der Waals surface area contributed by atoms with Gasteiger partial charge >= 0.3 is 11.8 Å². The van der Waals surface area contributed by atoms with E-state index < -0.39 is 38.6 Å². The summed E-state index contributed by atoms with van der Waals surface area (Å²) in [5.41, 5.74) is -1.37. The van der Waals surface area contributed by atoms with Crippen molar-refractivity contribution >= 4 is 17.5 Å². The number of esters is 1. The average molecular weight is 337 g/mol. The van der Waals surface area contributed by atoms with Gasteiger partial charge in [-0.05, 0) is 4.92 Å². The summed E-state index contributed by atoms with van der Waals surface area (Å²) in [7, 11) is 0.997. The van der Waals surface area contributed by atoms with Gasteiger partial charge in [0.25, 0.3) is 5.69 Å². The summed E-state index contributed by atoms with van der Waals surface area (Å²) in [6.07, 6.45) is 0. The lowest BCUT2D eigenvalue weighted by atomic mass is 10.1. The van der Waals surface area contributed by atoms with Crippen molar-refractivity contribution in [2.45, 2.75) is 0 Å². The quantitative estimate of drug-likeness (QED) is 0.456. The van der Waals surface area contributed by atoms with Gasteiger partial charge in [-0.2, -0.15) is 0 Å². The van der Waals surface area contributed by atoms with Crippen LogP contribution in [-0.4, -0.2) is 34.9 Å². The van der Waals surface area contributed by atoms with Gasteiger partial charge in [0.2, 0.25) is 18.1 Å². The van der Waals surface area contributed by atoms with Crippen LogP contribution in [0.25, 0.3) is 11.3 Å². The Morgan fingerprint density at radius 1 is 1.21 bits per heavy atom. The SMILES string of the molecule is COC(=O)c1c([N+](=O)[O-])noc1-c1cc2c(cc1[N+](=O)[O-])OCO2. The largest absolute Gasteiger partial charge is 0.465 e. The molecule has 2 heterocycles. The molecule has 24 heavy (non-hydrogen) atoms. The molecule has 2 aromatic rings. The van der Waals surface area contributed by atoms with E-state index in [-0.39, 0.29) is 23.9 Å². The van der Waals surface area contributed by atoms with Crippen LogP contribution in [0.1, 0.15) is 10.4 Å². The summed E-state index contributed by atoms with van der Waals surface area (Å²) in [6, 6.07) is 2.24. The molecule has 0 fully saturated rings. The molecule has 1 aromatic heterocycles. The highest BCUT2D eigenvalue weighted by Gasteiger charge is 2.38. The first kappa shape index (κ1) is 15.2. The Balaban J connectivity index is 2.28. The highest BCUT2D eigenvalue weighted by Crippen LogP contribution is 2.44. The van der Waals surface area contributed by atoms with Crippen molar-refractivity contribution in [3.8, 4) is 22.8 Å². The molecule has 12 heteroatoms. The molecule has 0 saturated heterocycles. The van der Waals surface area contributed by atoms with Gasteiger partial charge in [0.05, 0.1) is 18.1 Å². The number of hydrogen-bond acceptors (Lipinski definition) is 10. The van der Waals surface area contributed by atoms with Crippen molar-refractivity contribution in [2.24, 2.45) is 0 Å². The molecule has 124 valence electrons. The van der Waals surface area contributed by atoms with Gasteiger partial charge in [0.15, 0.2) is 16.7 Å². The number of benzene rings is 1. The Morgan fingerprint density at radius 3 is 2.46 bits per heavy atom. The molecule has 1 aromatic carbocycles. The first-order chi connectivity index (χ1) is 11.4. The third-order valence-electron chi connectivity index (χ3n) is 3.17. The lowest BCUT2D eigenvalue weighted by molar-refractivity contribution is -0.391. The van der Waals surface area contributed by atoms with Crippen LogP contribution in [-0.2, 0) is 4.74 Å². The normalized spacial score (nSPS) is 12.0. The van der Waals surface area contributed by atoms with Crippen LogP contribution in [0, 0.1) is 20.2 Å². The van der Waals surface area contributed by atoms with Crippen LogP contribution in [0.5, 0.6) is 11.5 Å². The van der Waals surface area contributed by atoms with E-state index in [0.29, 0.717) is 0 Å². The maximum absolute atomic E-state index is 11.9. The number of carbonyl (C=O) groups excluding carboxylic acids is 1. The summed E-state index contributed by atoms with van der Waals surface area (Å²) in [6.45, 7) is -0.143. The summed E-state index contributed by atoms with van der Waals surface area (Å²) in [5.74, 6) is -2.23. The van der Waals surface area contributed by atoms with E-state index in [9.17, 15) is 25.0 Å². The maximum Gasteiger partial charge on any atom is 0.428 e. The Hall–Kier alpha value is -3.70. The number of nitrogens with zero attached hydrogens (tertiary/aromatic N) is 3. The predicted molar refractivity (Wildman–Crippen MR) is 72.7 cm³/mol. The summed E-state index contributed by atoms with van der Waals surface area (Å²) >= 11 is 0. The Kier molecular flexibility index (Phi) is 3.48. The third kappa shape index (κ3) is 2.25. The smallest absolute Gasteiger partial charge is 0.428 e. The number of fused-ring (bicyclic) bond motifs is 1. The number of nitro benzene ring substituents is 1. The average Bonchev–Trinajstić information content (AvgIpc) is 3.18. The molecule has 0 saturated carbocycles. The number of rotatable bonds is 4. The molecule has 3 rings (SSSR count). The van der Waals surface area contributed by atoms with Gasteiger partial charge < -0.3 is 24.3 Å². The standard InChI is InChI=1S/C12H7N3O9/c1-21-12(16)9-10(24-13-11(9)15(19)20)5-2-7-8(23-4-22-7)3-6(5)14(17)18/h2-3H,4H2,1H3. The molecule has 12 nitrogen and oxygen atoms in total. The van der Waals surface area contributed by atoms with E-state index in [1.807, 2.05) is 0 Å². The van der Waals surface area contributed by atoms with Crippen LogP contribution in [0.4, 0.5) is 11.5 Å². The number of ether oxygens (including phenoxy) is 3. The molecule has 0 aliphatic carbocycles. The topological polar surface area (TPSA) is 157 Å². The zero-order valence-electron chi connectivity index (χ0n) is 11.9. The van der Waals surface area contributed by atoms with Crippen molar-refractivity contribution in [1.82, 2.24) is 5.16 Å². The fraction of sp³-hybridized carbons (Fsp3) is 0.167. The molecular formula is C12H7N3O9.